The van der Waals surface area contributed by atoms with E-state index < -0.39 is 7.26 Å². The maximum Gasteiger partial charge on any atom is 0.160 e. The summed E-state index contributed by atoms with van der Waals surface area (Å²) in [5.41, 5.74) is 0. The first-order valence-corrected chi connectivity index (χ1v) is 5.64. The molecule has 0 aliphatic carbocycles. The topological polar surface area (TPSA) is 20.2 Å². The molecule has 8 heavy (non-hydrogen) atoms. The predicted octanol–water partition coefficient (Wildman–Crippen LogP) is -1.76. The van der Waals surface area contributed by atoms with Crippen LogP contribution in [0.4, 0.5) is 0 Å². The molecule has 0 bridgehead atoms. The van der Waals surface area contributed by atoms with Crippen LogP contribution >= 0.6 is 7.26 Å². The first kappa shape index (κ1) is 11.2. The normalized spacial score (nSPS) is 14.6. The quantitative estimate of drug-likeness (QED) is 0.428. The first-order valence-electron chi connectivity index (χ1n) is 2.44. The SMILES string of the molecule is CC(O)[P+](C)(C)C.[F-]. The molecule has 1 nitrogen and oxygen atoms in total. The Morgan fingerprint density at radius 3 is 1.38 bits per heavy atom. The van der Waals surface area contributed by atoms with Crippen molar-refractivity contribution in [1.82, 2.24) is 0 Å². The van der Waals surface area contributed by atoms with Crippen molar-refractivity contribution in [3.63, 3.8) is 0 Å². The summed E-state index contributed by atoms with van der Waals surface area (Å²) in [6.07, 6.45) is 0. The number of aliphatic hydroxyl groups is 1. The fraction of sp³-hybridized carbons (Fsp3) is 1.00. The molecule has 0 amide bonds. The van der Waals surface area contributed by atoms with Gasteiger partial charge in [-0.05, 0) is 6.92 Å². The van der Waals surface area contributed by atoms with Gasteiger partial charge in [0.2, 0.25) is 0 Å². The van der Waals surface area contributed by atoms with Gasteiger partial charge in [0.15, 0.2) is 5.85 Å². The van der Waals surface area contributed by atoms with Gasteiger partial charge in [0, 0.05) is 7.26 Å². The van der Waals surface area contributed by atoms with Gasteiger partial charge < -0.3 is 9.81 Å². The molecule has 0 radical (unpaired) electrons. The van der Waals surface area contributed by atoms with Gasteiger partial charge in [-0.1, -0.05) is 0 Å². The highest BCUT2D eigenvalue weighted by Crippen LogP contribution is 2.50. The molecule has 0 aliphatic heterocycles. The molecule has 0 aromatic rings. The highest BCUT2D eigenvalue weighted by molar-refractivity contribution is 7.74. The zero-order valence-electron chi connectivity index (χ0n) is 5.85. The summed E-state index contributed by atoms with van der Waals surface area (Å²) >= 11 is 0. The Hall–Kier alpha value is 0.320. The standard InChI is InChI=1S/C5H14OP.FH/c1-5(6)7(2,3)4;/h5-6H,1-4H3;1H/q+1;/p-1. The first-order chi connectivity index (χ1) is 2.94. The molecule has 0 spiro atoms. The average Bonchev–Trinajstić information content (AvgIpc) is 1.31. The minimum Gasteiger partial charge on any atom is -1.00 e. The third kappa shape index (κ3) is 4.48. The number of rotatable bonds is 1. The highest BCUT2D eigenvalue weighted by Gasteiger charge is 2.23. The van der Waals surface area contributed by atoms with Crippen LogP contribution in [0.1, 0.15) is 6.92 Å². The molecule has 0 aromatic heterocycles. The minimum absolute atomic E-state index is 0. The number of aliphatic hydroxyl groups excluding tert-OH is 1. The zero-order chi connectivity index (χ0) is 6.08. The maximum absolute atomic E-state index is 8.94. The van der Waals surface area contributed by atoms with Crippen molar-refractivity contribution in [3.05, 3.63) is 0 Å². The summed E-state index contributed by atoms with van der Waals surface area (Å²) in [6.45, 7) is 8.22. The monoisotopic (exact) mass is 140 g/mol. The van der Waals surface area contributed by atoms with Crippen molar-refractivity contribution in [2.75, 3.05) is 20.0 Å². The van der Waals surface area contributed by atoms with Crippen LogP contribution in [0.2, 0.25) is 0 Å². The third-order valence-corrected chi connectivity index (χ3v) is 3.36. The van der Waals surface area contributed by atoms with E-state index in [0.29, 0.717) is 0 Å². The summed E-state index contributed by atoms with van der Waals surface area (Å²) in [5.74, 6) is -0.0903. The second-order valence-electron chi connectivity index (χ2n) is 2.75. The van der Waals surface area contributed by atoms with Crippen LogP contribution < -0.4 is 4.70 Å². The molecule has 0 aromatic carbocycles. The number of halogens is 1. The van der Waals surface area contributed by atoms with Gasteiger partial charge in [0.05, 0.1) is 20.0 Å². The van der Waals surface area contributed by atoms with E-state index in [1.54, 1.807) is 0 Å². The van der Waals surface area contributed by atoms with Crippen LogP contribution in [0.25, 0.3) is 0 Å². The van der Waals surface area contributed by atoms with Crippen LogP contribution in [0.15, 0.2) is 0 Å². The molecule has 0 rings (SSSR count). The van der Waals surface area contributed by atoms with E-state index in [-0.39, 0.29) is 10.5 Å². The lowest BCUT2D eigenvalue weighted by atomic mass is 10.9. The number of hydrogen-bond donors (Lipinski definition) is 1. The fourth-order valence-corrected chi connectivity index (χ4v) is 0. The Labute approximate surface area is 50.8 Å². The lowest BCUT2D eigenvalue weighted by molar-refractivity contribution is -0.00000307. The Kier molecular flexibility index (Phi) is 4.70. The average molecular weight is 140 g/mol. The molecule has 0 fully saturated rings. The van der Waals surface area contributed by atoms with Crippen LogP contribution in [-0.2, 0) is 0 Å². The predicted molar refractivity (Wildman–Crippen MR) is 36.4 cm³/mol. The Balaban J connectivity index is 0. The molecule has 1 atom stereocenters. The summed E-state index contributed by atoms with van der Waals surface area (Å²) < 4.78 is 0. The summed E-state index contributed by atoms with van der Waals surface area (Å²) in [7, 11) is -0.932. The van der Waals surface area contributed by atoms with Gasteiger partial charge in [0.1, 0.15) is 0 Å². The van der Waals surface area contributed by atoms with Gasteiger partial charge in [-0.3, -0.25) is 0 Å². The van der Waals surface area contributed by atoms with E-state index in [0.717, 1.165) is 0 Å². The van der Waals surface area contributed by atoms with Crippen molar-refractivity contribution in [1.29, 1.82) is 0 Å². The van der Waals surface area contributed by atoms with Crippen molar-refractivity contribution >= 4 is 7.26 Å². The molecule has 0 saturated heterocycles. The van der Waals surface area contributed by atoms with E-state index in [2.05, 4.69) is 20.0 Å². The zero-order valence-corrected chi connectivity index (χ0v) is 6.74. The van der Waals surface area contributed by atoms with Crippen LogP contribution in [-0.4, -0.2) is 30.9 Å². The Morgan fingerprint density at radius 2 is 1.38 bits per heavy atom. The smallest absolute Gasteiger partial charge is 0.160 e. The molecular formula is C5H14FOP. The molecular weight excluding hydrogens is 126 g/mol. The van der Waals surface area contributed by atoms with Crippen molar-refractivity contribution in [3.8, 4) is 0 Å². The van der Waals surface area contributed by atoms with Crippen LogP contribution in [0.3, 0.4) is 0 Å². The Bertz CT molecular complexity index is 57.9. The molecule has 0 saturated carbocycles. The highest BCUT2D eigenvalue weighted by atomic mass is 31.2. The van der Waals surface area contributed by atoms with Crippen LogP contribution in [0, 0.1) is 0 Å². The van der Waals surface area contributed by atoms with Gasteiger partial charge in [0.25, 0.3) is 0 Å². The second-order valence-corrected chi connectivity index (χ2v) is 7.73. The molecule has 0 aliphatic rings. The fourth-order valence-electron chi connectivity index (χ4n) is 0. The van der Waals surface area contributed by atoms with E-state index in [9.17, 15) is 0 Å². The molecule has 0 heterocycles. The molecule has 3 heteroatoms. The van der Waals surface area contributed by atoms with Gasteiger partial charge in [-0.15, -0.1) is 0 Å². The van der Waals surface area contributed by atoms with E-state index in [1.807, 2.05) is 6.92 Å². The largest absolute Gasteiger partial charge is 1.00 e. The van der Waals surface area contributed by atoms with Crippen molar-refractivity contribution < 1.29 is 9.81 Å². The van der Waals surface area contributed by atoms with Gasteiger partial charge >= 0.3 is 0 Å². The second kappa shape index (κ2) is 3.37. The minimum atomic E-state index is -0.932. The van der Waals surface area contributed by atoms with Gasteiger partial charge in [-0.2, -0.15) is 0 Å². The molecule has 1 unspecified atom stereocenters. The maximum atomic E-state index is 8.94. The molecule has 1 N–H and O–H groups in total. The molecule has 52 valence electrons. The summed E-state index contributed by atoms with van der Waals surface area (Å²) in [6, 6.07) is 0. The van der Waals surface area contributed by atoms with E-state index in [1.165, 1.54) is 0 Å². The lowest BCUT2D eigenvalue weighted by Gasteiger charge is -2.13. The van der Waals surface area contributed by atoms with Gasteiger partial charge in [-0.25, -0.2) is 0 Å². The van der Waals surface area contributed by atoms with Crippen molar-refractivity contribution in [2.45, 2.75) is 12.8 Å². The summed E-state index contributed by atoms with van der Waals surface area (Å²) in [4.78, 5) is 0. The van der Waals surface area contributed by atoms with E-state index in [4.69, 9.17) is 5.11 Å². The van der Waals surface area contributed by atoms with Crippen molar-refractivity contribution in [2.24, 2.45) is 0 Å². The lowest BCUT2D eigenvalue weighted by Crippen LogP contribution is -3.00. The number of hydrogen-bond acceptors (Lipinski definition) is 1. The summed E-state index contributed by atoms with van der Waals surface area (Å²) in [5, 5.41) is 8.94. The third-order valence-electron chi connectivity index (χ3n) is 1.12. The van der Waals surface area contributed by atoms with Crippen LogP contribution in [0.5, 0.6) is 0 Å². The Morgan fingerprint density at radius 1 is 1.25 bits per heavy atom. The van der Waals surface area contributed by atoms with E-state index >= 15 is 0 Å².